The number of anilines is 1. The minimum absolute atomic E-state index is 0.0101. The highest BCUT2D eigenvalue weighted by Gasteiger charge is 2.48. The normalized spacial score (nSPS) is 18.8. The van der Waals surface area contributed by atoms with Gasteiger partial charge in [0.2, 0.25) is 5.13 Å². The molecule has 1 aromatic heterocycles. The van der Waals surface area contributed by atoms with Crippen LogP contribution in [-0.2, 0) is 21.8 Å². The van der Waals surface area contributed by atoms with Gasteiger partial charge in [-0.15, -0.1) is 10.2 Å². The lowest BCUT2D eigenvalue weighted by molar-refractivity contribution is -0.132. The molecule has 11 heteroatoms. The monoisotopic (exact) mass is 631 g/mol. The SMILES string of the molecule is CCCCOc1cccc([C@@H]2/C(=C(\O)c3ccc4c(c3)C[C@@H](C)O4)C(=O)C(=O)N2c2nnc(SCc3ccc(F)cc3)s2)c1. The molecule has 44 heavy (non-hydrogen) atoms. The highest BCUT2D eigenvalue weighted by Crippen LogP contribution is 2.45. The highest BCUT2D eigenvalue weighted by atomic mass is 32.2. The zero-order valence-corrected chi connectivity index (χ0v) is 25.8. The maximum absolute atomic E-state index is 13.7. The summed E-state index contributed by atoms with van der Waals surface area (Å²) in [4.78, 5) is 28.6. The summed E-state index contributed by atoms with van der Waals surface area (Å²) in [6.45, 7) is 4.57. The molecule has 3 heterocycles. The Morgan fingerprint density at radius 1 is 1.14 bits per heavy atom. The largest absolute Gasteiger partial charge is 0.507 e. The van der Waals surface area contributed by atoms with E-state index in [1.165, 1.54) is 40.1 Å². The Balaban J connectivity index is 1.38. The number of aliphatic hydroxyl groups excluding tert-OH is 1. The van der Waals surface area contributed by atoms with Gasteiger partial charge in [0.05, 0.1) is 18.2 Å². The summed E-state index contributed by atoms with van der Waals surface area (Å²) in [5.41, 5.74) is 2.80. The van der Waals surface area contributed by atoms with Gasteiger partial charge >= 0.3 is 5.91 Å². The van der Waals surface area contributed by atoms with Crippen LogP contribution >= 0.6 is 23.1 Å². The lowest BCUT2D eigenvalue weighted by Gasteiger charge is -2.23. The van der Waals surface area contributed by atoms with Crippen LogP contribution in [0.15, 0.2) is 76.6 Å². The van der Waals surface area contributed by atoms with Crippen LogP contribution in [0.25, 0.3) is 5.76 Å². The molecule has 2 aliphatic rings. The molecule has 8 nitrogen and oxygen atoms in total. The molecule has 1 saturated heterocycles. The van der Waals surface area contributed by atoms with Crippen molar-refractivity contribution in [1.29, 1.82) is 0 Å². The van der Waals surface area contributed by atoms with Gasteiger partial charge in [-0.05, 0) is 72.5 Å². The van der Waals surface area contributed by atoms with Gasteiger partial charge in [0.25, 0.3) is 5.78 Å². The van der Waals surface area contributed by atoms with Gasteiger partial charge in [-0.2, -0.15) is 0 Å². The third kappa shape index (κ3) is 6.07. The number of thioether (sulfide) groups is 1. The summed E-state index contributed by atoms with van der Waals surface area (Å²) in [6, 6.07) is 17.7. The fourth-order valence-electron chi connectivity index (χ4n) is 5.26. The van der Waals surface area contributed by atoms with E-state index in [1.54, 1.807) is 48.5 Å². The number of aromatic nitrogens is 2. The van der Waals surface area contributed by atoms with E-state index in [4.69, 9.17) is 9.47 Å². The number of amides is 1. The molecule has 1 amide bonds. The summed E-state index contributed by atoms with van der Waals surface area (Å²) in [7, 11) is 0. The quantitative estimate of drug-likeness (QED) is 0.0494. The van der Waals surface area contributed by atoms with E-state index in [9.17, 15) is 19.1 Å². The van der Waals surface area contributed by atoms with Gasteiger partial charge in [0.1, 0.15) is 29.2 Å². The molecule has 226 valence electrons. The maximum Gasteiger partial charge on any atom is 0.301 e. The molecule has 3 aromatic carbocycles. The van der Waals surface area contributed by atoms with Crippen molar-refractivity contribution in [2.24, 2.45) is 0 Å². The number of unbranched alkanes of at least 4 members (excludes halogenated alkanes) is 1. The Morgan fingerprint density at radius 3 is 2.75 bits per heavy atom. The first-order valence-electron chi connectivity index (χ1n) is 14.4. The van der Waals surface area contributed by atoms with Crippen LogP contribution in [-0.4, -0.2) is 39.7 Å². The van der Waals surface area contributed by atoms with Crippen LogP contribution in [0.2, 0.25) is 0 Å². The van der Waals surface area contributed by atoms with Crippen LogP contribution in [0.3, 0.4) is 0 Å². The number of hydrogen-bond donors (Lipinski definition) is 1. The number of aliphatic hydroxyl groups is 1. The minimum atomic E-state index is -0.962. The van der Waals surface area contributed by atoms with Gasteiger partial charge in [0, 0.05) is 17.7 Å². The van der Waals surface area contributed by atoms with Gasteiger partial charge in [-0.25, -0.2) is 4.39 Å². The fourth-order valence-corrected chi connectivity index (χ4v) is 7.09. The van der Waals surface area contributed by atoms with Crippen molar-refractivity contribution in [3.05, 3.63) is 100 Å². The second kappa shape index (κ2) is 12.8. The second-order valence-corrected chi connectivity index (χ2v) is 12.8. The number of ketones is 1. The molecule has 2 aliphatic heterocycles. The van der Waals surface area contributed by atoms with E-state index in [-0.39, 0.29) is 28.4 Å². The van der Waals surface area contributed by atoms with Gasteiger partial charge in [-0.3, -0.25) is 14.5 Å². The zero-order chi connectivity index (χ0) is 30.8. The standard InChI is InChI=1S/C33H30FN3O5S2/c1-3-4-14-41-25-7-5-6-21(17-25)28-27(29(38)22-10-13-26-23(16-22)15-19(2)42-26)30(39)31(40)37(28)32-35-36-33(44-32)43-18-20-8-11-24(34)12-9-20/h5-13,16-17,19,28,38H,3-4,14-15,18H2,1-2H3/b29-27+/t19-,28-/m1/s1. The molecular weight excluding hydrogens is 602 g/mol. The van der Waals surface area contributed by atoms with Gasteiger partial charge in [-0.1, -0.05) is 60.7 Å². The molecule has 1 fully saturated rings. The van der Waals surface area contributed by atoms with Gasteiger partial charge < -0.3 is 14.6 Å². The molecule has 0 saturated carbocycles. The fraction of sp³-hybridized carbons (Fsp3) is 0.273. The predicted octanol–water partition coefficient (Wildman–Crippen LogP) is 7.10. The molecule has 0 bridgehead atoms. The molecule has 0 aliphatic carbocycles. The van der Waals surface area contributed by atoms with Crippen molar-refractivity contribution in [1.82, 2.24) is 10.2 Å². The van der Waals surface area contributed by atoms with Crippen LogP contribution in [0.1, 0.15) is 55.0 Å². The number of halogens is 1. The van der Waals surface area contributed by atoms with Crippen molar-refractivity contribution in [3.63, 3.8) is 0 Å². The number of carbonyl (C=O) groups is 2. The third-order valence-electron chi connectivity index (χ3n) is 7.43. The van der Waals surface area contributed by atoms with Gasteiger partial charge in [0.15, 0.2) is 4.34 Å². The van der Waals surface area contributed by atoms with Crippen molar-refractivity contribution in [2.75, 3.05) is 11.5 Å². The molecule has 0 spiro atoms. The predicted molar refractivity (Wildman–Crippen MR) is 168 cm³/mol. The number of hydrogen-bond acceptors (Lipinski definition) is 9. The Hall–Kier alpha value is -4.22. The molecule has 4 aromatic rings. The summed E-state index contributed by atoms with van der Waals surface area (Å²) >= 11 is 2.56. The number of Topliss-reactive ketones (excluding diaryl/α,β-unsaturated/α-hetero) is 1. The maximum atomic E-state index is 13.7. The summed E-state index contributed by atoms with van der Waals surface area (Å²) in [6.07, 6.45) is 2.54. The van der Waals surface area contributed by atoms with Crippen LogP contribution in [0, 0.1) is 5.82 Å². The first kappa shape index (κ1) is 29.8. The Bertz CT molecular complexity index is 1740. The topological polar surface area (TPSA) is 102 Å². The summed E-state index contributed by atoms with van der Waals surface area (Å²) in [5.74, 6) is -0.347. The number of nitrogens with zero attached hydrogens (tertiary/aromatic N) is 3. The second-order valence-electron chi connectivity index (χ2n) is 10.7. The van der Waals surface area contributed by atoms with Crippen LogP contribution in [0.5, 0.6) is 11.5 Å². The zero-order valence-electron chi connectivity index (χ0n) is 24.2. The molecule has 6 rings (SSSR count). The van der Waals surface area contributed by atoms with E-state index < -0.39 is 17.7 Å². The molecule has 0 radical (unpaired) electrons. The van der Waals surface area contributed by atoms with E-state index >= 15 is 0 Å². The molecule has 2 atom stereocenters. The first-order chi connectivity index (χ1) is 21.3. The summed E-state index contributed by atoms with van der Waals surface area (Å²) in [5, 5.41) is 20.4. The van der Waals surface area contributed by atoms with E-state index in [2.05, 4.69) is 17.1 Å². The Morgan fingerprint density at radius 2 is 1.95 bits per heavy atom. The van der Waals surface area contributed by atoms with E-state index in [0.717, 1.165) is 29.7 Å². The number of fused-ring (bicyclic) bond motifs is 1. The van der Waals surface area contributed by atoms with Crippen molar-refractivity contribution < 1.29 is 28.6 Å². The minimum Gasteiger partial charge on any atom is -0.507 e. The third-order valence-corrected chi connectivity index (χ3v) is 9.56. The molecule has 1 N–H and O–H groups in total. The average molecular weight is 632 g/mol. The smallest absolute Gasteiger partial charge is 0.301 e. The van der Waals surface area contributed by atoms with Crippen molar-refractivity contribution in [3.8, 4) is 11.5 Å². The number of carbonyl (C=O) groups excluding carboxylic acids is 2. The van der Waals surface area contributed by atoms with Crippen molar-refractivity contribution >= 4 is 45.7 Å². The van der Waals surface area contributed by atoms with Crippen LogP contribution < -0.4 is 14.4 Å². The average Bonchev–Trinajstić information content (AvgIpc) is 3.71. The summed E-state index contributed by atoms with van der Waals surface area (Å²) < 4.78 is 25.6. The highest BCUT2D eigenvalue weighted by molar-refractivity contribution is 8.00. The lowest BCUT2D eigenvalue weighted by atomic mass is 9.94. The Kier molecular flexibility index (Phi) is 8.67. The number of benzene rings is 3. The molecule has 0 unspecified atom stereocenters. The van der Waals surface area contributed by atoms with Crippen molar-refractivity contribution in [2.45, 2.75) is 55.3 Å². The lowest BCUT2D eigenvalue weighted by Crippen LogP contribution is -2.29. The Labute approximate surface area is 262 Å². The van der Waals surface area contributed by atoms with E-state index in [1.807, 2.05) is 13.0 Å². The molecular formula is C33H30FN3O5S2. The number of rotatable bonds is 10. The van der Waals surface area contributed by atoms with Crippen LogP contribution in [0.4, 0.5) is 9.52 Å². The van der Waals surface area contributed by atoms with E-state index in [0.29, 0.717) is 40.0 Å². The first-order valence-corrected chi connectivity index (χ1v) is 16.2. The number of ether oxygens (including phenoxy) is 2.